The fourth-order valence-electron chi connectivity index (χ4n) is 1.11. The molecule has 68 valence electrons. The van der Waals surface area contributed by atoms with E-state index in [1.807, 2.05) is 0 Å². The maximum atomic E-state index is 10.7. The molecule has 12 heavy (non-hydrogen) atoms. The Bertz CT molecular complexity index is 164. The minimum atomic E-state index is -0.305. The van der Waals surface area contributed by atoms with Crippen molar-refractivity contribution in [1.82, 2.24) is 10.5 Å². The molecule has 0 atom stereocenters. The topological polar surface area (TPSA) is 41.6 Å². The van der Waals surface area contributed by atoms with Crippen molar-refractivity contribution in [2.75, 3.05) is 13.1 Å². The Kier molecular flexibility index (Phi) is 3.76. The van der Waals surface area contributed by atoms with Gasteiger partial charge in [0.15, 0.2) is 0 Å². The van der Waals surface area contributed by atoms with E-state index in [2.05, 4.69) is 12.1 Å². The van der Waals surface area contributed by atoms with E-state index in [9.17, 15) is 4.79 Å². The minimum Gasteiger partial charge on any atom is -0.268 e. The zero-order valence-electron chi connectivity index (χ0n) is 7.08. The Hall–Kier alpha value is -0.870. The van der Waals surface area contributed by atoms with E-state index in [0.717, 1.165) is 25.9 Å². The van der Waals surface area contributed by atoms with Gasteiger partial charge in [0.2, 0.25) is 0 Å². The third-order valence-corrected chi connectivity index (χ3v) is 1.78. The summed E-state index contributed by atoms with van der Waals surface area (Å²) in [5.41, 5.74) is 2.27. The Morgan fingerprint density at radius 1 is 1.42 bits per heavy atom. The van der Waals surface area contributed by atoms with Crippen LogP contribution in [-0.2, 0) is 9.73 Å². The van der Waals surface area contributed by atoms with E-state index < -0.39 is 0 Å². The molecule has 0 saturated carbocycles. The second kappa shape index (κ2) is 4.90. The van der Waals surface area contributed by atoms with Gasteiger partial charge in [-0.2, -0.15) is 10.0 Å². The lowest BCUT2D eigenvalue weighted by atomic mass is 10.2. The number of amides is 1. The fraction of sp³-hybridized carbons (Fsp3) is 0.625. The average molecular weight is 170 g/mol. The summed E-state index contributed by atoms with van der Waals surface area (Å²) in [7, 11) is 0. The van der Waals surface area contributed by atoms with E-state index >= 15 is 0 Å². The lowest BCUT2D eigenvalue weighted by Crippen LogP contribution is -2.37. The Morgan fingerprint density at radius 2 is 2.08 bits per heavy atom. The van der Waals surface area contributed by atoms with Crippen LogP contribution in [0.5, 0.6) is 0 Å². The molecule has 4 nitrogen and oxygen atoms in total. The van der Waals surface area contributed by atoms with Crippen LogP contribution in [0.2, 0.25) is 0 Å². The summed E-state index contributed by atoms with van der Waals surface area (Å²) in [5, 5.41) is 1.75. The molecule has 1 fully saturated rings. The van der Waals surface area contributed by atoms with Gasteiger partial charge in [0.25, 0.3) is 5.91 Å². The van der Waals surface area contributed by atoms with Gasteiger partial charge in [-0.25, -0.2) is 5.48 Å². The molecule has 1 N–H and O–H groups in total. The largest absolute Gasteiger partial charge is 0.268 e. The summed E-state index contributed by atoms with van der Waals surface area (Å²) in [6.07, 6.45) is 4.69. The van der Waals surface area contributed by atoms with Crippen molar-refractivity contribution in [3.63, 3.8) is 0 Å². The van der Waals surface area contributed by atoms with Crippen LogP contribution in [0, 0.1) is 0 Å². The van der Waals surface area contributed by atoms with E-state index in [1.54, 1.807) is 5.06 Å². The first kappa shape index (κ1) is 9.22. The van der Waals surface area contributed by atoms with Gasteiger partial charge in [-0.1, -0.05) is 13.0 Å². The molecule has 1 heterocycles. The van der Waals surface area contributed by atoms with E-state index in [4.69, 9.17) is 4.94 Å². The molecule has 1 rings (SSSR count). The van der Waals surface area contributed by atoms with Crippen molar-refractivity contribution < 1.29 is 9.73 Å². The summed E-state index contributed by atoms with van der Waals surface area (Å²) in [6, 6.07) is 0. The maximum absolute atomic E-state index is 10.7. The van der Waals surface area contributed by atoms with Crippen molar-refractivity contribution in [3.05, 3.63) is 12.7 Å². The second-order valence-corrected chi connectivity index (χ2v) is 2.75. The number of piperidine rings is 1. The number of nitrogens with zero attached hydrogens (tertiary/aromatic N) is 1. The normalized spacial score (nSPS) is 18.7. The molecule has 0 radical (unpaired) electrons. The molecule has 0 spiro atoms. The number of hydrogen-bond donors (Lipinski definition) is 1. The van der Waals surface area contributed by atoms with Crippen LogP contribution >= 0.6 is 0 Å². The smallest absolute Gasteiger partial charge is 0.268 e. The highest BCUT2D eigenvalue weighted by Gasteiger charge is 2.10. The van der Waals surface area contributed by atoms with Crippen molar-refractivity contribution in [2.45, 2.75) is 19.3 Å². The van der Waals surface area contributed by atoms with Gasteiger partial charge in [0.05, 0.1) is 0 Å². The van der Waals surface area contributed by atoms with Crippen molar-refractivity contribution in [3.8, 4) is 0 Å². The first-order valence-corrected chi connectivity index (χ1v) is 4.17. The number of carbonyl (C=O) groups excluding carboxylic acids is 1. The average Bonchev–Trinajstić information content (AvgIpc) is 2.16. The molecule has 1 aliphatic heterocycles. The lowest BCUT2D eigenvalue weighted by Gasteiger charge is -2.24. The predicted molar refractivity (Wildman–Crippen MR) is 44.8 cm³/mol. The SMILES string of the molecule is C=CC(=O)NON1CCCCC1. The van der Waals surface area contributed by atoms with E-state index in [-0.39, 0.29) is 5.91 Å². The number of carbonyl (C=O) groups is 1. The lowest BCUT2D eigenvalue weighted by molar-refractivity contribution is -0.216. The van der Waals surface area contributed by atoms with Crippen molar-refractivity contribution >= 4 is 5.91 Å². The van der Waals surface area contributed by atoms with Crippen LogP contribution in [0.25, 0.3) is 0 Å². The van der Waals surface area contributed by atoms with E-state index in [1.165, 1.54) is 12.5 Å². The van der Waals surface area contributed by atoms with E-state index in [0.29, 0.717) is 0 Å². The molecule has 1 saturated heterocycles. The highest BCUT2D eigenvalue weighted by atomic mass is 16.8. The zero-order chi connectivity index (χ0) is 8.81. The molecule has 0 aliphatic carbocycles. The number of rotatable bonds is 3. The highest BCUT2D eigenvalue weighted by Crippen LogP contribution is 2.07. The van der Waals surface area contributed by atoms with Crippen LogP contribution in [0.4, 0.5) is 0 Å². The molecular formula is C8H14N2O2. The number of hydrogen-bond acceptors (Lipinski definition) is 3. The molecule has 1 amide bonds. The van der Waals surface area contributed by atoms with Gasteiger partial charge < -0.3 is 0 Å². The molecule has 4 heteroatoms. The molecule has 0 bridgehead atoms. The summed E-state index contributed by atoms with van der Waals surface area (Å²) >= 11 is 0. The predicted octanol–water partition coefficient (Wildman–Crippen LogP) is 0.621. The van der Waals surface area contributed by atoms with Gasteiger partial charge in [-0.05, 0) is 18.9 Å². The molecule has 0 aromatic rings. The molecular weight excluding hydrogens is 156 g/mol. The van der Waals surface area contributed by atoms with Crippen molar-refractivity contribution in [2.24, 2.45) is 0 Å². The van der Waals surface area contributed by atoms with Crippen LogP contribution < -0.4 is 5.48 Å². The number of hydroxylamine groups is 3. The van der Waals surface area contributed by atoms with Gasteiger partial charge in [-0.15, -0.1) is 0 Å². The van der Waals surface area contributed by atoms with Crippen LogP contribution in [0.3, 0.4) is 0 Å². The Balaban J connectivity index is 2.12. The standard InChI is InChI=1S/C8H14N2O2/c1-2-8(11)9-12-10-6-4-3-5-7-10/h2H,1,3-7H2,(H,9,11). The molecule has 0 aromatic carbocycles. The van der Waals surface area contributed by atoms with Gasteiger partial charge in [0.1, 0.15) is 0 Å². The second-order valence-electron chi connectivity index (χ2n) is 2.75. The first-order valence-electron chi connectivity index (χ1n) is 4.17. The maximum Gasteiger partial charge on any atom is 0.268 e. The monoisotopic (exact) mass is 170 g/mol. The Morgan fingerprint density at radius 3 is 2.67 bits per heavy atom. The summed E-state index contributed by atoms with van der Waals surface area (Å²) in [6.45, 7) is 5.09. The first-order chi connectivity index (χ1) is 5.83. The molecule has 1 aliphatic rings. The van der Waals surface area contributed by atoms with Gasteiger partial charge in [-0.3, -0.25) is 4.79 Å². The quantitative estimate of drug-likeness (QED) is 0.498. The van der Waals surface area contributed by atoms with Gasteiger partial charge in [0, 0.05) is 13.1 Å². The zero-order valence-corrected chi connectivity index (χ0v) is 7.08. The third kappa shape index (κ3) is 3.02. The van der Waals surface area contributed by atoms with Crippen molar-refractivity contribution in [1.29, 1.82) is 0 Å². The summed E-state index contributed by atoms with van der Waals surface area (Å²) < 4.78 is 0. The Labute approximate surface area is 72.1 Å². The fourth-order valence-corrected chi connectivity index (χ4v) is 1.11. The van der Waals surface area contributed by atoms with Crippen LogP contribution in [-0.4, -0.2) is 24.1 Å². The highest BCUT2D eigenvalue weighted by molar-refractivity contribution is 5.85. The third-order valence-electron chi connectivity index (χ3n) is 1.78. The van der Waals surface area contributed by atoms with Gasteiger partial charge >= 0.3 is 0 Å². The minimum absolute atomic E-state index is 0.305. The van der Waals surface area contributed by atoms with Crippen LogP contribution in [0.15, 0.2) is 12.7 Å². The summed E-state index contributed by atoms with van der Waals surface area (Å²) in [5.74, 6) is -0.305. The summed E-state index contributed by atoms with van der Waals surface area (Å²) in [4.78, 5) is 15.7. The number of nitrogens with one attached hydrogen (secondary N) is 1. The molecule has 0 aromatic heterocycles. The molecule has 0 unspecified atom stereocenters. The van der Waals surface area contributed by atoms with Crippen LogP contribution in [0.1, 0.15) is 19.3 Å².